The maximum Gasteiger partial charge on any atom is 0.123 e. The van der Waals surface area contributed by atoms with Crippen molar-refractivity contribution in [2.75, 3.05) is 0 Å². The summed E-state index contributed by atoms with van der Waals surface area (Å²) in [6.07, 6.45) is 2.83. The summed E-state index contributed by atoms with van der Waals surface area (Å²) >= 11 is 0. The quantitative estimate of drug-likeness (QED) is 0.748. The highest BCUT2D eigenvalue weighted by atomic mass is 16.3. The summed E-state index contributed by atoms with van der Waals surface area (Å²) in [5.41, 5.74) is 2.46. The van der Waals surface area contributed by atoms with Crippen LogP contribution in [0.3, 0.4) is 0 Å². The van der Waals surface area contributed by atoms with Crippen molar-refractivity contribution in [1.82, 2.24) is 0 Å². The third-order valence-electron chi connectivity index (χ3n) is 4.47. The Bertz CT molecular complexity index is 628. The fourth-order valence-electron chi connectivity index (χ4n) is 2.85. The summed E-state index contributed by atoms with van der Waals surface area (Å²) in [5, 5.41) is 22.0. The van der Waals surface area contributed by atoms with E-state index in [1.807, 2.05) is 48.5 Å². The molecule has 0 fully saturated rings. The zero-order valence-corrected chi connectivity index (χ0v) is 14.0. The molecular formula is C21H26O2. The molecule has 0 spiro atoms. The molecule has 0 bridgehead atoms. The van der Waals surface area contributed by atoms with E-state index in [1.165, 1.54) is 11.1 Å². The molecule has 2 unspecified atom stereocenters. The SMILES string of the molecule is C=CCC(O)(c1ccc(CC)cc1)C(O)c1ccc(CC)cc1. The third kappa shape index (κ3) is 3.72. The summed E-state index contributed by atoms with van der Waals surface area (Å²) in [6.45, 7) is 7.92. The topological polar surface area (TPSA) is 40.5 Å². The molecule has 122 valence electrons. The van der Waals surface area contributed by atoms with Crippen LogP contribution in [0.1, 0.15) is 48.6 Å². The minimum atomic E-state index is -1.37. The second kappa shape index (κ2) is 7.58. The summed E-state index contributed by atoms with van der Waals surface area (Å²) in [7, 11) is 0. The number of benzene rings is 2. The number of aliphatic hydroxyl groups excluding tert-OH is 1. The standard InChI is InChI=1S/C21H26O2/c1-4-15-21(23,19-13-9-17(6-3)10-14-19)20(22)18-11-7-16(5-2)8-12-18/h4,7-14,20,22-23H,1,5-6,15H2,2-3H3. The third-order valence-corrected chi connectivity index (χ3v) is 4.47. The lowest BCUT2D eigenvalue weighted by Gasteiger charge is -2.33. The predicted molar refractivity (Wildman–Crippen MR) is 95.3 cm³/mol. The highest BCUT2D eigenvalue weighted by Gasteiger charge is 2.37. The van der Waals surface area contributed by atoms with Gasteiger partial charge in [-0.1, -0.05) is 68.5 Å². The Labute approximate surface area is 139 Å². The van der Waals surface area contributed by atoms with Crippen molar-refractivity contribution in [3.8, 4) is 0 Å². The minimum Gasteiger partial charge on any atom is -0.385 e. The zero-order valence-electron chi connectivity index (χ0n) is 14.0. The number of aliphatic hydroxyl groups is 2. The molecule has 2 nitrogen and oxygen atoms in total. The van der Waals surface area contributed by atoms with E-state index in [4.69, 9.17) is 0 Å². The number of hydrogen-bond donors (Lipinski definition) is 2. The molecule has 2 aromatic carbocycles. The molecule has 0 saturated heterocycles. The van der Waals surface area contributed by atoms with Crippen molar-refractivity contribution < 1.29 is 10.2 Å². The Balaban J connectivity index is 2.38. The van der Waals surface area contributed by atoms with Crippen molar-refractivity contribution in [2.45, 2.75) is 44.8 Å². The second-order valence-electron chi connectivity index (χ2n) is 5.97. The van der Waals surface area contributed by atoms with Crippen LogP contribution in [0.4, 0.5) is 0 Å². The van der Waals surface area contributed by atoms with Gasteiger partial charge in [-0.05, 0) is 35.1 Å². The first kappa shape index (κ1) is 17.5. The lowest BCUT2D eigenvalue weighted by Crippen LogP contribution is -2.33. The average molecular weight is 310 g/mol. The van der Waals surface area contributed by atoms with Crippen molar-refractivity contribution in [2.24, 2.45) is 0 Å². The Morgan fingerprint density at radius 2 is 1.43 bits per heavy atom. The molecule has 0 aliphatic heterocycles. The molecule has 2 rings (SSSR count). The summed E-state index contributed by atoms with van der Waals surface area (Å²) in [6, 6.07) is 15.5. The lowest BCUT2D eigenvalue weighted by molar-refractivity contribution is -0.0810. The van der Waals surface area contributed by atoms with Gasteiger partial charge < -0.3 is 10.2 Å². The van der Waals surface area contributed by atoms with E-state index in [-0.39, 0.29) is 6.42 Å². The predicted octanol–water partition coefficient (Wildman–Crippen LogP) is 4.31. The fourth-order valence-corrected chi connectivity index (χ4v) is 2.85. The van der Waals surface area contributed by atoms with Crippen molar-refractivity contribution in [3.63, 3.8) is 0 Å². The van der Waals surface area contributed by atoms with Crippen LogP contribution in [0, 0.1) is 0 Å². The van der Waals surface area contributed by atoms with Crippen LogP contribution in [0.2, 0.25) is 0 Å². The molecule has 0 aromatic heterocycles. The zero-order chi connectivity index (χ0) is 16.9. The first-order chi connectivity index (χ1) is 11.0. The number of aryl methyl sites for hydroxylation is 2. The molecule has 2 atom stereocenters. The molecule has 0 radical (unpaired) electrons. The monoisotopic (exact) mass is 310 g/mol. The van der Waals surface area contributed by atoms with E-state index in [2.05, 4.69) is 20.4 Å². The van der Waals surface area contributed by atoms with Crippen LogP contribution in [0.15, 0.2) is 61.2 Å². The highest BCUT2D eigenvalue weighted by Crippen LogP contribution is 2.38. The molecule has 2 aromatic rings. The average Bonchev–Trinajstić information content (AvgIpc) is 2.61. The Kier molecular flexibility index (Phi) is 5.75. The maximum atomic E-state index is 11.2. The number of hydrogen-bond acceptors (Lipinski definition) is 2. The van der Waals surface area contributed by atoms with Gasteiger partial charge >= 0.3 is 0 Å². The van der Waals surface area contributed by atoms with E-state index in [1.54, 1.807) is 6.08 Å². The van der Waals surface area contributed by atoms with Gasteiger partial charge in [0.1, 0.15) is 11.7 Å². The Morgan fingerprint density at radius 1 is 0.957 bits per heavy atom. The van der Waals surface area contributed by atoms with Crippen LogP contribution in [0.5, 0.6) is 0 Å². The first-order valence-corrected chi connectivity index (χ1v) is 8.24. The van der Waals surface area contributed by atoms with Gasteiger partial charge in [-0.15, -0.1) is 6.58 Å². The van der Waals surface area contributed by atoms with Crippen LogP contribution in [0.25, 0.3) is 0 Å². The first-order valence-electron chi connectivity index (χ1n) is 8.24. The van der Waals surface area contributed by atoms with Gasteiger partial charge in [0.15, 0.2) is 0 Å². The second-order valence-corrected chi connectivity index (χ2v) is 5.97. The van der Waals surface area contributed by atoms with Gasteiger partial charge in [0.2, 0.25) is 0 Å². The molecule has 2 N–H and O–H groups in total. The van der Waals surface area contributed by atoms with E-state index in [0.717, 1.165) is 12.8 Å². The van der Waals surface area contributed by atoms with Crippen molar-refractivity contribution in [1.29, 1.82) is 0 Å². The van der Waals surface area contributed by atoms with Crippen molar-refractivity contribution in [3.05, 3.63) is 83.4 Å². The van der Waals surface area contributed by atoms with Gasteiger partial charge in [-0.2, -0.15) is 0 Å². The smallest absolute Gasteiger partial charge is 0.123 e. The van der Waals surface area contributed by atoms with Gasteiger partial charge in [-0.25, -0.2) is 0 Å². The van der Waals surface area contributed by atoms with E-state index in [0.29, 0.717) is 11.1 Å². The van der Waals surface area contributed by atoms with Crippen LogP contribution >= 0.6 is 0 Å². The normalized spacial score (nSPS) is 15.0. The Hall–Kier alpha value is -1.90. The summed E-state index contributed by atoms with van der Waals surface area (Å²) in [4.78, 5) is 0. The molecule has 0 heterocycles. The fraction of sp³-hybridized carbons (Fsp3) is 0.333. The minimum absolute atomic E-state index is 0.287. The van der Waals surface area contributed by atoms with Gasteiger partial charge in [-0.3, -0.25) is 0 Å². The summed E-state index contributed by atoms with van der Waals surface area (Å²) < 4.78 is 0. The molecule has 0 saturated carbocycles. The maximum absolute atomic E-state index is 11.2. The highest BCUT2D eigenvalue weighted by molar-refractivity contribution is 5.33. The molecule has 0 aliphatic carbocycles. The van der Waals surface area contributed by atoms with Gasteiger partial charge in [0.25, 0.3) is 0 Å². The van der Waals surface area contributed by atoms with Crippen LogP contribution in [-0.4, -0.2) is 10.2 Å². The lowest BCUT2D eigenvalue weighted by atomic mass is 9.81. The van der Waals surface area contributed by atoms with E-state index in [9.17, 15) is 10.2 Å². The molecule has 2 heteroatoms. The summed E-state index contributed by atoms with van der Waals surface area (Å²) in [5.74, 6) is 0. The van der Waals surface area contributed by atoms with Crippen molar-refractivity contribution >= 4 is 0 Å². The largest absolute Gasteiger partial charge is 0.385 e. The molecule has 0 amide bonds. The van der Waals surface area contributed by atoms with Crippen LogP contribution < -0.4 is 0 Å². The molecule has 23 heavy (non-hydrogen) atoms. The molecule has 0 aliphatic rings. The van der Waals surface area contributed by atoms with E-state index < -0.39 is 11.7 Å². The van der Waals surface area contributed by atoms with Gasteiger partial charge in [0, 0.05) is 6.42 Å². The Morgan fingerprint density at radius 3 is 1.87 bits per heavy atom. The van der Waals surface area contributed by atoms with Crippen LogP contribution in [-0.2, 0) is 18.4 Å². The molecular weight excluding hydrogens is 284 g/mol. The van der Waals surface area contributed by atoms with E-state index >= 15 is 0 Å². The van der Waals surface area contributed by atoms with Gasteiger partial charge in [0.05, 0.1) is 0 Å². The number of rotatable bonds is 7.